The van der Waals surface area contributed by atoms with Crippen LogP contribution in [0.2, 0.25) is 0 Å². The summed E-state index contributed by atoms with van der Waals surface area (Å²) in [6, 6.07) is 11.2. The van der Waals surface area contributed by atoms with E-state index in [0.717, 1.165) is 40.6 Å². The van der Waals surface area contributed by atoms with Crippen LogP contribution in [-0.4, -0.2) is 32.7 Å². The van der Waals surface area contributed by atoms with Gasteiger partial charge in [-0.3, -0.25) is 19.4 Å². The normalized spacial score (nSPS) is 10.6. The Kier molecular flexibility index (Phi) is 7.42. The average molecular weight is 452 g/mol. The van der Waals surface area contributed by atoms with Gasteiger partial charge in [-0.25, -0.2) is 0 Å². The van der Waals surface area contributed by atoms with E-state index in [2.05, 4.69) is 25.8 Å². The molecule has 0 unspecified atom stereocenters. The van der Waals surface area contributed by atoms with Crippen LogP contribution in [0.25, 0.3) is 11.3 Å². The highest BCUT2D eigenvalue weighted by Crippen LogP contribution is 2.28. The molecule has 0 saturated carbocycles. The lowest BCUT2D eigenvalue weighted by atomic mass is 10.1. The molecule has 0 aliphatic rings. The molecule has 2 aromatic carbocycles. The Morgan fingerprint density at radius 3 is 2.34 bits per heavy atom. The van der Waals surface area contributed by atoms with E-state index in [1.807, 2.05) is 45.0 Å². The molecule has 8 nitrogen and oxygen atoms in total. The average Bonchev–Trinajstić information content (AvgIpc) is 2.75. The molecule has 32 heavy (non-hydrogen) atoms. The van der Waals surface area contributed by atoms with Gasteiger partial charge in [-0.2, -0.15) is 0 Å². The van der Waals surface area contributed by atoms with E-state index in [1.54, 1.807) is 12.1 Å². The highest BCUT2D eigenvalue weighted by atomic mass is 32.2. The standard InChI is InChI=1S/C23H25N5O3S/c1-5-16-10-6-8-13(2)19(16)25-18(30)12-32-23-26-22(31)21(27-28-23)17-11-7-9-14(3)20(17)24-15(4)29/h6-11H,5,12H2,1-4H3,(H,24,29)(H,25,30)(H,26,28,31). The molecule has 3 rings (SSSR count). The van der Waals surface area contributed by atoms with Gasteiger partial charge >= 0.3 is 0 Å². The molecule has 2 amide bonds. The zero-order chi connectivity index (χ0) is 23.3. The van der Waals surface area contributed by atoms with Gasteiger partial charge in [0.15, 0.2) is 10.9 Å². The highest BCUT2D eigenvalue weighted by molar-refractivity contribution is 7.99. The molecule has 1 aromatic heterocycles. The van der Waals surface area contributed by atoms with E-state index in [1.165, 1.54) is 6.92 Å². The fraction of sp³-hybridized carbons (Fsp3) is 0.261. The Hall–Kier alpha value is -3.46. The molecule has 9 heteroatoms. The van der Waals surface area contributed by atoms with Crippen molar-refractivity contribution in [3.8, 4) is 11.3 Å². The first-order valence-corrected chi connectivity index (χ1v) is 11.1. The van der Waals surface area contributed by atoms with Gasteiger partial charge in [0.2, 0.25) is 11.8 Å². The Labute approximate surface area is 190 Å². The number of aromatic amines is 1. The first-order valence-electron chi connectivity index (χ1n) is 10.2. The van der Waals surface area contributed by atoms with Crippen LogP contribution in [0.3, 0.4) is 0 Å². The zero-order valence-corrected chi connectivity index (χ0v) is 19.2. The molecule has 0 atom stereocenters. The predicted molar refractivity (Wildman–Crippen MR) is 127 cm³/mol. The predicted octanol–water partition coefficient (Wildman–Crippen LogP) is 3.70. The maximum atomic E-state index is 12.7. The smallest absolute Gasteiger partial charge is 0.278 e. The molecule has 0 aliphatic heterocycles. The van der Waals surface area contributed by atoms with Gasteiger partial charge in [0.25, 0.3) is 5.56 Å². The largest absolute Gasteiger partial charge is 0.325 e. The van der Waals surface area contributed by atoms with Gasteiger partial charge in [-0.1, -0.05) is 55.1 Å². The second-order valence-corrected chi connectivity index (χ2v) is 8.25. The maximum Gasteiger partial charge on any atom is 0.278 e. The number of aryl methyl sites for hydroxylation is 3. The van der Waals surface area contributed by atoms with Gasteiger partial charge in [-0.05, 0) is 37.0 Å². The zero-order valence-electron chi connectivity index (χ0n) is 18.4. The molecule has 0 spiro atoms. The summed E-state index contributed by atoms with van der Waals surface area (Å²) in [7, 11) is 0. The summed E-state index contributed by atoms with van der Waals surface area (Å²) < 4.78 is 0. The molecular formula is C23H25N5O3S. The molecular weight excluding hydrogens is 426 g/mol. The molecule has 1 heterocycles. The van der Waals surface area contributed by atoms with Crippen molar-refractivity contribution in [1.29, 1.82) is 0 Å². The number of nitrogens with zero attached hydrogens (tertiary/aromatic N) is 2. The SMILES string of the molecule is CCc1cccc(C)c1NC(=O)CSc1nnc(-c2cccc(C)c2NC(C)=O)c(=O)[nH]1. The summed E-state index contributed by atoms with van der Waals surface area (Å²) in [6.45, 7) is 7.21. The Morgan fingerprint density at radius 2 is 1.69 bits per heavy atom. The number of thioether (sulfide) groups is 1. The third-order valence-electron chi connectivity index (χ3n) is 4.85. The van der Waals surface area contributed by atoms with Crippen molar-refractivity contribution in [3.63, 3.8) is 0 Å². The minimum absolute atomic E-state index is 0.0725. The van der Waals surface area contributed by atoms with E-state index >= 15 is 0 Å². The van der Waals surface area contributed by atoms with Crippen LogP contribution in [0, 0.1) is 13.8 Å². The monoisotopic (exact) mass is 451 g/mol. The van der Waals surface area contributed by atoms with Crippen molar-refractivity contribution < 1.29 is 9.59 Å². The van der Waals surface area contributed by atoms with Gasteiger partial charge in [0, 0.05) is 18.2 Å². The van der Waals surface area contributed by atoms with Crippen molar-refractivity contribution in [3.05, 3.63) is 63.4 Å². The molecule has 0 fully saturated rings. The highest BCUT2D eigenvalue weighted by Gasteiger charge is 2.16. The summed E-state index contributed by atoms with van der Waals surface area (Å²) in [4.78, 5) is 39.3. The lowest BCUT2D eigenvalue weighted by Crippen LogP contribution is -2.19. The lowest BCUT2D eigenvalue weighted by Gasteiger charge is -2.13. The number of carbonyl (C=O) groups excluding carboxylic acids is 2. The molecule has 0 saturated heterocycles. The van der Waals surface area contributed by atoms with Crippen LogP contribution >= 0.6 is 11.8 Å². The lowest BCUT2D eigenvalue weighted by molar-refractivity contribution is -0.114. The Morgan fingerprint density at radius 1 is 1.00 bits per heavy atom. The van der Waals surface area contributed by atoms with Crippen molar-refractivity contribution in [1.82, 2.24) is 15.2 Å². The van der Waals surface area contributed by atoms with Crippen molar-refractivity contribution in [2.45, 2.75) is 39.3 Å². The van der Waals surface area contributed by atoms with E-state index < -0.39 is 5.56 Å². The van der Waals surface area contributed by atoms with E-state index in [4.69, 9.17) is 0 Å². The number of H-pyrrole nitrogens is 1. The third kappa shape index (κ3) is 5.42. The molecule has 0 aliphatic carbocycles. The minimum atomic E-state index is -0.452. The number of hydrogen-bond donors (Lipinski definition) is 3. The number of carbonyl (C=O) groups is 2. The van der Waals surface area contributed by atoms with Gasteiger partial charge in [0.05, 0.1) is 11.4 Å². The van der Waals surface area contributed by atoms with Crippen LogP contribution in [0.5, 0.6) is 0 Å². The van der Waals surface area contributed by atoms with E-state index in [-0.39, 0.29) is 28.4 Å². The van der Waals surface area contributed by atoms with Gasteiger partial charge < -0.3 is 10.6 Å². The van der Waals surface area contributed by atoms with E-state index in [9.17, 15) is 14.4 Å². The second-order valence-electron chi connectivity index (χ2n) is 7.29. The maximum absolute atomic E-state index is 12.7. The number of benzene rings is 2. The number of aromatic nitrogens is 3. The number of anilines is 2. The minimum Gasteiger partial charge on any atom is -0.325 e. The number of amides is 2. The Balaban J connectivity index is 1.75. The molecule has 166 valence electrons. The molecule has 3 aromatic rings. The van der Waals surface area contributed by atoms with Crippen molar-refractivity contribution >= 4 is 35.0 Å². The first kappa shape index (κ1) is 23.2. The second kappa shape index (κ2) is 10.2. The molecule has 3 N–H and O–H groups in total. The van der Waals surface area contributed by atoms with Crippen LogP contribution in [0.4, 0.5) is 11.4 Å². The van der Waals surface area contributed by atoms with Crippen LogP contribution < -0.4 is 16.2 Å². The topological polar surface area (TPSA) is 117 Å². The van der Waals surface area contributed by atoms with Crippen LogP contribution in [-0.2, 0) is 16.0 Å². The number of nitrogens with one attached hydrogen (secondary N) is 3. The van der Waals surface area contributed by atoms with E-state index in [0.29, 0.717) is 11.3 Å². The van der Waals surface area contributed by atoms with Crippen LogP contribution in [0.1, 0.15) is 30.5 Å². The number of para-hydroxylation sites is 2. The summed E-state index contributed by atoms with van der Waals surface area (Å²) in [5.74, 6) is -0.372. The summed E-state index contributed by atoms with van der Waals surface area (Å²) >= 11 is 1.09. The summed E-state index contributed by atoms with van der Waals surface area (Å²) in [5, 5.41) is 14.0. The molecule has 0 bridgehead atoms. The fourth-order valence-corrected chi connectivity index (χ4v) is 3.89. The summed E-state index contributed by atoms with van der Waals surface area (Å²) in [5.41, 5.74) is 4.32. The van der Waals surface area contributed by atoms with Crippen LogP contribution in [0.15, 0.2) is 46.3 Å². The number of rotatable bonds is 7. The third-order valence-corrected chi connectivity index (χ3v) is 5.71. The Bertz CT molecular complexity index is 1220. The van der Waals surface area contributed by atoms with Crippen molar-refractivity contribution in [2.24, 2.45) is 0 Å². The molecule has 0 radical (unpaired) electrons. The first-order chi connectivity index (χ1) is 15.3. The van der Waals surface area contributed by atoms with Gasteiger partial charge in [0.1, 0.15) is 0 Å². The van der Waals surface area contributed by atoms with Crippen molar-refractivity contribution in [2.75, 3.05) is 16.4 Å². The van der Waals surface area contributed by atoms with Gasteiger partial charge in [-0.15, -0.1) is 10.2 Å². The summed E-state index contributed by atoms with van der Waals surface area (Å²) in [6.07, 6.45) is 0.810. The fourth-order valence-electron chi connectivity index (χ4n) is 3.28. The number of hydrogen-bond acceptors (Lipinski definition) is 6. The quantitative estimate of drug-likeness (QED) is 0.472.